The minimum absolute atomic E-state index is 0.162. The van der Waals surface area contributed by atoms with Gasteiger partial charge in [0.05, 0.1) is 6.54 Å². The fourth-order valence-corrected chi connectivity index (χ4v) is 2.76. The Morgan fingerprint density at radius 1 is 1.24 bits per heavy atom. The fraction of sp³-hybridized carbons (Fsp3) is 0.929. The van der Waals surface area contributed by atoms with Gasteiger partial charge in [0.1, 0.15) is 0 Å². The second-order valence-corrected chi connectivity index (χ2v) is 5.30. The van der Waals surface area contributed by atoms with Gasteiger partial charge in [-0.25, -0.2) is 0 Å². The Bertz CT molecular complexity index is 220. The number of hydrogen-bond donors (Lipinski definition) is 2. The van der Waals surface area contributed by atoms with E-state index in [0.29, 0.717) is 24.5 Å². The Hall–Kier alpha value is -0.570. The minimum atomic E-state index is 0.162. The minimum Gasteiger partial charge on any atom is -0.352 e. The summed E-state index contributed by atoms with van der Waals surface area (Å²) in [5.41, 5.74) is 0. The van der Waals surface area contributed by atoms with Gasteiger partial charge in [-0.1, -0.05) is 39.5 Å². The van der Waals surface area contributed by atoms with Crippen LogP contribution in [0.5, 0.6) is 0 Å². The van der Waals surface area contributed by atoms with Crippen LogP contribution in [0.4, 0.5) is 0 Å². The van der Waals surface area contributed by atoms with Gasteiger partial charge in [-0.15, -0.1) is 0 Å². The van der Waals surface area contributed by atoms with Crippen molar-refractivity contribution in [2.24, 2.45) is 5.92 Å². The normalized spacial score (nSPS) is 18.6. The van der Waals surface area contributed by atoms with Crippen LogP contribution < -0.4 is 10.6 Å². The van der Waals surface area contributed by atoms with E-state index >= 15 is 0 Å². The van der Waals surface area contributed by atoms with Crippen molar-refractivity contribution in [3.63, 3.8) is 0 Å². The van der Waals surface area contributed by atoms with Gasteiger partial charge in [0.2, 0.25) is 5.91 Å². The quantitative estimate of drug-likeness (QED) is 0.717. The number of nitrogens with one attached hydrogen (secondary N) is 2. The molecule has 1 saturated carbocycles. The lowest BCUT2D eigenvalue weighted by Gasteiger charge is -2.22. The standard InChI is InChI=1S/C14H28N2O/c1-4-12(5-2)11(3)15-10-14(17)16-13-8-6-7-9-13/h11-13,15H,4-10H2,1-3H3,(H,16,17). The summed E-state index contributed by atoms with van der Waals surface area (Å²) < 4.78 is 0. The predicted octanol–water partition coefficient (Wildman–Crippen LogP) is 2.46. The lowest BCUT2D eigenvalue weighted by molar-refractivity contribution is -0.121. The van der Waals surface area contributed by atoms with E-state index in [-0.39, 0.29) is 5.91 Å². The number of carbonyl (C=O) groups is 1. The summed E-state index contributed by atoms with van der Waals surface area (Å²) in [6, 6.07) is 0.868. The molecule has 0 saturated heterocycles. The van der Waals surface area contributed by atoms with Crippen LogP contribution in [0, 0.1) is 5.92 Å². The second-order valence-electron chi connectivity index (χ2n) is 5.30. The molecule has 1 amide bonds. The third kappa shape index (κ3) is 5.07. The van der Waals surface area contributed by atoms with Crippen LogP contribution in [0.3, 0.4) is 0 Å². The molecule has 100 valence electrons. The Kier molecular flexibility index (Phi) is 6.56. The largest absolute Gasteiger partial charge is 0.352 e. The zero-order valence-corrected chi connectivity index (χ0v) is 11.6. The van der Waals surface area contributed by atoms with Crippen LogP contribution in [-0.2, 0) is 4.79 Å². The SMILES string of the molecule is CCC(CC)C(C)NCC(=O)NC1CCCC1. The lowest BCUT2D eigenvalue weighted by atomic mass is 9.95. The van der Waals surface area contributed by atoms with Gasteiger partial charge in [-0.05, 0) is 25.7 Å². The van der Waals surface area contributed by atoms with E-state index in [1.807, 2.05) is 0 Å². The van der Waals surface area contributed by atoms with Crippen LogP contribution in [0.25, 0.3) is 0 Å². The van der Waals surface area contributed by atoms with E-state index in [1.165, 1.54) is 25.7 Å². The topological polar surface area (TPSA) is 41.1 Å². The molecule has 0 aromatic carbocycles. The van der Waals surface area contributed by atoms with Crippen LogP contribution in [0.2, 0.25) is 0 Å². The van der Waals surface area contributed by atoms with Crippen molar-refractivity contribution in [1.29, 1.82) is 0 Å². The molecule has 3 nitrogen and oxygen atoms in total. The van der Waals surface area contributed by atoms with Crippen molar-refractivity contribution in [2.75, 3.05) is 6.54 Å². The molecule has 1 atom stereocenters. The average molecular weight is 240 g/mol. The highest BCUT2D eigenvalue weighted by molar-refractivity contribution is 5.78. The van der Waals surface area contributed by atoms with E-state index in [2.05, 4.69) is 31.4 Å². The van der Waals surface area contributed by atoms with Gasteiger partial charge in [0, 0.05) is 12.1 Å². The van der Waals surface area contributed by atoms with Crippen molar-refractivity contribution in [3.8, 4) is 0 Å². The number of rotatable bonds is 7. The van der Waals surface area contributed by atoms with E-state index in [0.717, 1.165) is 12.8 Å². The van der Waals surface area contributed by atoms with Crippen LogP contribution >= 0.6 is 0 Å². The first-order valence-electron chi connectivity index (χ1n) is 7.20. The summed E-state index contributed by atoms with van der Waals surface area (Å²) in [6.45, 7) is 7.07. The van der Waals surface area contributed by atoms with Crippen molar-refractivity contribution >= 4 is 5.91 Å². The summed E-state index contributed by atoms with van der Waals surface area (Å²) in [5, 5.41) is 6.45. The summed E-state index contributed by atoms with van der Waals surface area (Å²) in [6.07, 6.45) is 7.20. The summed E-state index contributed by atoms with van der Waals surface area (Å²) in [7, 11) is 0. The first-order valence-corrected chi connectivity index (χ1v) is 7.20. The van der Waals surface area contributed by atoms with Gasteiger partial charge in [0.25, 0.3) is 0 Å². The van der Waals surface area contributed by atoms with E-state index in [4.69, 9.17) is 0 Å². The maximum absolute atomic E-state index is 11.7. The predicted molar refractivity (Wildman–Crippen MR) is 71.9 cm³/mol. The third-order valence-electron chi connectivity index (χ3n) is 4.06. The summed E-state index contributed by atoms with van der Waals surface area (Å²) in [4.78, 5) is 11.7. The van der Waals surface area contributed by atoms with Crippen LogP contribution in [-0.4, -0.2) is 24.5 Å². The fourth-order valence-electron chi connectivity index (χ4n) is 2.76. The highest BCUT2D eigenvalue weighted by Gasteiger charge is 2.18. The number of carbonyl (C=O) groups excluding carboxylic acids is 1. The van der Waals surface area contributed by atoms with E-state index < -0.39 is 0 Å². The third-order valence-corrected chi connectivity index (χ3v) is 4.06. The molecular weight excluding hydrogens is 212 g/mol. The maximum atomic E-state index is 11.7. The summed E-state index contributed by atoms with van der Waals surface area (Å²) >= 11 is 0. The van der Waals surface area contributed by atoms with Crippen molar-refractivity contribution < 1.29 is 4.79 Å². The smallest absolute Gasteiger partial charge is 0.234 e. The van der Waals surface area contributed by atoms with Gasteiger partial charge < -0.3 is 10.6 Å². The molecule has 1 aliphatic rings. The molecule has 0 aromatic rings. The lowest BCUT2D eigenvalue weighted by Crippen LogP contribution is -2.43. The van der Waals surface area contributed by atoms with Crippen molar-refractivity contribution in [3.05, 3.63) is 0 Å². The van der Waals surface area contributed by atoms with Crippen molar-refractivity contribution in [1.82, 2.24) is 10.6 Å². The summed E-state index contributed by atoms with van der Waals surface area (Å²) in [5.74, 6) is 0.837. The zero-order chi connectivity index (χ0) is 12.7. The van der Waals surface area contributed by atoms with E-state index in [9.17, 15) is 4.79 Å². The zero-order valence-electron chi connectivity index (χ0n) is 11.6. The van der Waals surface area contributed by atoms with Gasteiger partial charge in [-0.2, -0.15) is 0 Å². The molecule has 1 rings (SSSR count). The molecule has 2 N–H and O–H groups in total. The molecule has 0 bridgehead atoms. The molecule has 17 heavy (non-hydrogen) atoms. The second kappa shape index (κ2) is 7.70. The first kappa shape index (κ1) is 14.5. The molecule has 1 unspecified atom stereocenters. The van der Waals surface area contributed by atoms with Gasteiger partial charge in [-0.3, -0.25) is 4.79 Å². The van der Waals surface area contributed by atoms with Crippen molar-refractivity contribution in [2.45, 2.75) is 71.4 Å². The Balaban J connectivity index is 2.17. The molecule has 0 radical (unpaired) electrons. The molecule has 1 aliphatic carbocycles. The van der Waals surface area contributed by atoms with E-state index in [1.54, 1.807) is 0 Å². The molecule has 0 heterocycles. The van der Waals surface area contributed by atoms with Crippen LogP contribution in [0.15, 0.2) is 0 Å². The van der Waals surface area contributed by atoms with Gasteiger partial charge in [0.15, 0.2) is 0 Å². The Morgan fingerprint density at radius 2 is 1.82 bits per heavy atom. The monoisotopic (exact) mass is 240 g/mol. The van der Waals surface area contributed by atoms with Crippen LogP contribution in [0.1, 0.15) is 59.3 Å². The first-order chi connectivity index (χ1) is 8.17. The maximum Gasteiger partial charge on any atom is 0.234 e. The molecular formula is C14H28N2O. The Morgan fingerprint density at radius 3 is 2.35 bits per heavy atom. The number of hydrogen-bond acceptors (Lipinski definition) is 2. The Labute approximate surface area is 106 Å². The molecule has 0 spiro atoms. The molecule has 0 aliphatic heterocycles. The highest BCUT2D eigenvalue weighted by Crippen LogP contribution is 2.17. The van der Waals surface area contributed by atoms with Gasteiger partial charge >= 0.3 is 0 Å². The molecule has 1 fully saturated rings. The highest BCUT2D eigenvalue weighted by atomic mass is 16.1. The average Bonchev–Trinajstić information content (AvgIpc) is 2.81. The molecule has 0 aromatic heterocycles. The molecule has 3 heteroatoms. The number of amides is 1.